The van der Waals surface area contributed by atoms with E-state index in [1.165, 1.54) is 6.33 Å². The van der Waals surface area contributed by atoms with Crippen LogP contribution >= 0.6 is 24.0 Å². The largest absolute Gasteiger partial charge is 0.357 e. The van der Waals surface area contributed by atoms with Crippen molar-refractivity contribution in [2.24, 2.45) is 12.0 Å². The molecule has 2 N–H and O–H groups in total. The van der Waals surface area contributed by atoms with Gasteiger partial charge in [0.1, 0.15) is 24.5 Å². The molecular formula is C16H28IN9O. The van der Waals surface area contributed by atoms with Gasteiger partial charge >= 0.3 is 5.69 Å². The lowest BCUT2D eigenvalue weighted by atomic mass is 10.2. The van der Waals surface area contributed by atoms with Crippen LogP contribution in [-0.4, -0.2) is 48.2 Å². The average Bonchev–Trinajstić information content (AvgIpc) is 3.20. The molecule has 1 aliphatic heterocycles. The Hall–Kier alpha value is -1.92. The molecule has 0 amide bonds. The zero-order valence-electron chi connectivity index (χ0n) is 15.9. The van der Waals surface area contributed by atoms with Crippen LogP contribution in [0.2, 0.25) is 0 Å². The van der Waals surface area contributed by atoms with Gasteiger partial charge < -0.3 is 10.6 Å². The van der Waals surface area contributed by atoms with E-state index in [1.54, 1.807) is 9.36 Å². The molecule has 3 rings (SSSR count). The van der Waals surface area contributed by atoms with Crippen molar-refractivity contribution in [2.75, 3.05) is 13.1 Å². The predicted octanol–water partition coefficient (Wildman–Crippen LogP) is 0.273. The summed E-state index contributed by atoms with van der Waals surface area (Å²) in [7, 11) is 1.85. The third-order valence-electron chi connectivity index (χ3n) is 4.40. The number of aliphatic imine (C=N–C) groups is 1. The molecule has 0 saturated carbocycles. The summed E-state index contributed by atoms with van der Waals surface area (Å²) in [4.78, 5) is 21.0. The second kappa shape index (κ2) is 10.4. The maximum absolute atomic E-state index is 12.3. The van der Waals surface area contributed by atoms with Crippen LogP contribution in [-0.2, 0) is 33.1 Å². The number of aryl methyl sites for hydroxylation is 3. The quantitative estimate of drug-likeness (QED) is 0.250. The molecular weight excluding hydrogens is 461 g/mol. The standard InChI is InChI=1S/C16H27N9O.HI/c1-3-17-15(19-11-14-20-12-21-23(14)2)18-8-6-10-25-16(26)24-9-5-4-7-13(24)22-25;/h12H,3-11H2,1-2H3,(H2,17,18,19);1H. The summed E-state index contributed by atoms with van der Waals surface area (Å²) in [6, 6.07) is 0. The smallest absolute Gasteiger partial charge is 0.345 e. The Bertz CT molecular complexity index is 807. The van der Waals surface area contributed by atoms with Crippen molar-refractivity contribution in [1.29, 1.82) is 0 Å². The average molecular weight is 489 g/mol. The predicted molar refractivity (Wildman–Crippen MR) is 113 cm³/mol. The van der Waals surface area contributed by atoms with Crippen LogP contribution in [0.25, 0.3) is 0 Å². The Morgan fingerprint density at radius 1 is 1.33 bits per heavy atom. The van der Waals surface area contributed by atoms with Gasteiger partial charge in [0.05, 0.1) is 0 Å². The van der Waals surface area contributed by atoms with Gasteiger partial charge in [0.2, 0.25) is 0 Å². The number of nitrogens with one attached hydrogen (secondary N) is 2. The number of rotatable bonds is 7. The fraction of sp³-hybridized carbons (Fsp3) is 0.688. The molecule has 0 spiro atoms. The van der Waals surface area contributed by atoms with E-state index >= 15 is 0 Å². The van der Waals surface area contributed by atoms with E-state index in [2.05, 4.69) is 30.8 Å². The van der Waals surface area contributed by atoms with Crippen LogP contribution in [0.4, 0.5) is 0 Å². The highest BCUT2D eigenvalue weighted by atomic mass is 127. The molecule has 1 aliphatic rings. The summed E-state index contributed by atoms with van der Waals surface area (Å²) in [5.41, 5.74) is 0.0163. The van der Waals surface area contributed by atoms with Crippen LogP contribution in [0.1, 0.15) is 37.8 Å². The zero-order valence-corrected chi connectivity index (χ0v) is 18.2. The minimum absolute atomic E-state index is 0. The molecule has 0 bridgehead atoms. The van der Waals surface area contributed by atoms with Crippen molar-refractivity contribution in [3.8, 4) is 0 Å². The lowest BCUT2D eigenvalue weighted by Gasteiger charge is -2.11. The number of nitrogens with zero attached hydrogens (tertiary/aromatic N) is 7. The number of halogens is 1. The number of hydrogen-bond acceptors (Lipinski definition) is 5. The van der Waals surface area contributed by atoms with E-state index in [0.717, 1.165) is 56.4 Å². The molecule has 0 radical (unpaired) electrons. The molecule has 27 heavy (non-hydrogen) atoms. The van der Waals surface area contributed by atoms with Gasteiger partial charge in [-0.15, -0.1) is 24.0 Å². The molecule has 2 aromatic heterocycles. The highest BCUT2D eigenvalue weighted by Crippen LogP contribution is 2.09. The molecule has 2 aromatic rings. The molecule has 3 heterocycles. The fourth-order valence-corrected chi connectivity index (χ4v) is 2.98. The molecule has 0 fully saturated rings. The van der Waals surface area contributed by atoms with Crippen LogP contribution in [0.15, 0.2) is 16.1 Å². The Kier molecular flexibility index (Phi) is 8.25. The molecule has 0 aliphatic carbocycles. The van der Waals surface area contributed by atoms with Crippen molar-refractivity contribution in [2.45, 2.75) is 52.2 Å². The maximum atomic E-state index is 12.3. The lowest BCUT2D eigenvalue weighted by Crippen LogP contribution is -2.38. The van der Waals surface area contributed by atoms with Crippen molar-refractivity contribution >= 4 is 29.9 Å². The van der Waals surface area contributed by atoms with E-state index in [9.17, 15) is 4.79 Å². The highest BCUT2D eigenvalue weighted by Gasteiger charge is 2.16. The Balaban J connectivity index is 0.00000261. The number of aromatic nitrogens is 6. The topological polar surface area (TPSA) is 107 Å². The number of fused-ring (bicyclic) bond motifs is 1. The normalized spacial score (nSPS) is 13.8. The van der Waals surface area contributed by atoms with Gasteiger partial charge in [-0.2, -0.15) is 10.2 Å². The third-order valence-corrected chi connectivity index (χ3v) is 4.40. The number of guanidine groups is 1. The summed E-state index contributed by atoms with van der Waals surface area (Å²) >= 11 is 0. The molecule has 11 heteroatoms. The van der Waals surface area contributed by atoms with E-state index < -0.39 is 0 Å². The molecule has 0 unspecified atom stereocenters. The summed E-state index contributed by atoms with van der Waals surface area (Å²) in [6.45, 7) is 5.37. The SMILES string of the molecule is CCNC(=NCc1ncnn1C)NCCCn1nc2n(c1=O)CCCC2.I. The highest BCUT2D eigenvalue weighted by molar-refractivity contribution is 14.0. The van der Waals surface area contributed by atoms with Crippen LogP contribution in [0.3, 0.4) is 0 Å². The number of hydrogen-bond donors (Lipinski definition) is 2. The monoisotopic (exact) mass is 489 g/mol. The van der Waals surface area contributed by atoms with Gasteiger partial charge in [0.15, 0.2) is 5.96 Å². The Labute approximate surface area is 175 Å². The Morgan fingerprint density at radius 2 is 2.19 bits per heavy atom. The second-order valence-electron chi connectivity index (χ2n) is 6.31. The van der Waals surface area contributed by atoms with Gasteiger partial charge in [-0.1, -0.05) is 0 Å². The van der Waals surface area contributed by atoms with Crippen molar-refractivity contribution in [3.63, 3.8) is 0 Å². The summed E-state index contributed by atoms with van der Waals surface area (Å²) in [5, 5.41) is 15.0. The molecule has 0 atom stereocenters. The summed E-state index contributed by atoms with van der Waals surface area (Å²) < 4.78 is 5.11. The van der Waals surface area contributed by atoms with Gasteiger partial charge in [-0.3, -0.25) is 9.25 Å². The second-order valence-corrected chi connectivity index (χ2v) is 6.31. The lowest BCUT2D eigenvalue weighted by molar-refractivity contribution is 0.509. The van der Waals surface area contributed by atoms with Crippen LogP contribution in [0, 0.1) is 0 Å². The van der Waals surface area contributed by atoms with Crippen molar-refractivity contribution in [1.82, 2.24) is 39.7 Å². The van der Waals surface area contributed by atoms with E-state index in [4.69, 9.17) is 0 Å². The van der Waals surface area contributed by atoms with Gasteiger partial charge in [-0.05, 0) is 26.2 Å². The van der Waals surface area contributed by atoms with E-state index in [-0.39, 0.29) is 29.7 Å². The minimum atomic E-state index is 0. The first kappa shape index (κ1) is 21.4. The van der Waals surface area contributed by atoms with Crippen molar-refractivity contribution in [3.05, 3.63) is 28.5 Å². The summed E-state index contributed by atoms with van der Waals surface area (Å²) in [6.07, 6.45) is 5.40. The van der Waals surface area contributed by atoms with Crippen molar-refractivity contribution < 1.29 is 0 Å². The Morgan fingerprint density at radius 3 is 2.89 bits per heavy atom. The molecule has 0 saturated heterocycles. The third kappa shape index (κ3) is 5.53. The van der Waals surface area contributed by atoms with Crippen LogP contribution < -0.4 is 16.3 Å². The first-order valence-electron chi connectivity index (χ1n) is 9.20. The molecule has 10 nitrogen and oxygen atoms in total. The van der Waals surface area contributed by atoms with Gasteiger partial charge in [0, 0.05) is 39.6 Å². The maximum Gasteiger partial charge on any atom is 0.345 e. The van der Waals surface area contributed by atoms with Crippen LogP contribution in [0.5, 0.6) is 0 Å². The van der Waals surface area contributed by atoms with Gasteiger partial charge in [0.25, 0.3) is 0 Å². The zero-order chi connectivity index (χ0) is 18.4. The van der Waals surface area contributed by atoms with E-state index in [0.29, 0.717) is 19.6 Å². The fourth-order valence-electron chi connectivity index (χ4n) is 2.98. The first-order valence-corrected chi connectivity index (χ1v) is 9.20. The molecule has 150 valence electrons. The van der Waals surface area contributed by atoms with E-state index in [1.807, 2.05) is 18.5 Å². The first-order chi connectivity index (χ1) is 12.7. The van der Waals surface area contributed by atoms with Gasteiger partial charge in [-0.25, -0.2) is 19.5 Å². The molecule has 0 aromatic carbocycles. The summed E-state index contributed by atoms with van der Waals surface area (Å²) in [5.74, 6) is 2.46. The minimum Gasteiger partial charge on any atom is -0.357 e.